The van der Waals surface area contributed by atoms with Crippen molar-refractivity contribution in [1.82, 2.24) is 9.88 Å². The van der Waals surface area contributed by atoms with Crippen molar-refractivity contribution in [2.75, 3.05) is 37.7 Å². The van der Waals surface area contributed by atoms with Gasteiger partial charge in [0.25, 0.3) is 5.91 Å². The lowest BCUT2D eigenvalue weighted by Crippen LogP contribution is -2.41. The van der Waals surface area contributed by atoms with Gasteiger partial charge < -0.3 is 9.64 Å². The van der Waals surface area contributed by atoms with Gasteiger partial charge in [-0.3, -0.25) is 9.69 Å². The van der Waals surface area contributed by atoms with Gasteiger partial charge in [0.1, 0.15) is 17.1 Å². The molecule has 0 bridgehead atoms. The molecule has 0 N–H and O–H groups in total. The maximum atomic E-state index is 14.1. The van der Waals surface area contributed by atoms with Crippen molar-refractivity contribution in [3.63, 3.8) is 0 Å². The summed E-state index contributed by atoms with van der Waals surface area (Å²) in [6, 6.07) is 14.1. The summed E-state index contributed by atoms with van der Waals surface area (Å²) < 4.78 is 20.4. The minimum atomic E-state index is -0.378. The highest BCUT2D eigenvalue weighted by atomic mass is 35.5. The number of carbonyl (C=O) groups excluding carboxylic acids is 1. The first-order chi connectivity index (χ1) is 13.6. The quantitative estimate of drug-likeness (QED) is 0.490. The molecule has 0 fully saturated rings. The maximum Gasteiger partial charge on any atom is 0.266 e. The largest absolute Gasteiger partial charge is 0.484 e. The highest BCUT2D eigenvalue weighted by molar-refractivity contribution is 7.22. The third-order valence-electron chi connectivity index (χ3n) is 4.53. The number of aromatic nitrogens is 1. The van der Waals surface area contributed by atoms with Gasteiger partial charge in [-0.25, -0.2) is 9.37 Å². The van der Waals surface area contributed by atoms with E-state index in [9.17, 15) is 9.18 Å². The smallest absolute Gasteiger partial charge is 0.266 e. The molecule has 0 unspecified atom stereocenters. The van der Waals surface area contributed by atoms with Gasteiger partial charge in [-0.15, -0.1) is 12.4 Å². The minimum Gasteiger partial charge on any atom is -0.484 e. The molecule has 156 valence electrons. The highest BCUT2D eigenvalue weighted by Crippen LogP contribution is 2.30. The first kappa shape index (κ1) is 23.1. The van der Waals surface area contributed by atoms with Crippen LogP contribution < -0.4 is 9.64 Å². The van der Waals surface area contributed by atoms with E-state index < -0.39 is 0 Å². The Morgan fingerprint density at radius 1 is 1.07 bits per heavy atom. The van der Waals surface area contributed by atoms with Crippen LogP contribution >= 0.6 is 23.7 Å². The summed E-state index contributed by atoms with van der Waals surface area (Å²) in [5.41, 5.74) is 0.298. The van der Waals surface area contributed by atoms with Crippen molar-refractivity contribution in [3.8, 4) is 5.75 Å². The summed E-state index contributed by atoms with van der Waals surface area (Å²) >= 11 is 1.32. The average Bonchev–Trinajstić information content (AvgIpc) is 3.15. The molecule has 0 aliphatic heterocycles. The summed E-state index contributed by atoms with van der Waals surface area (Å²) in [6.45, 7) is 7.05. The molecule has 1 heterocycles. The molecule has 0 saturated heterocycles. The monoisotopic (exact) mass is 437 g/mol. The lowest BCUT2D eigenvalue weighted by Gasteiger charge is -2.24. The second-order valence-electron chi connectivity index (χ2n) is 6.26. The standard InChI is InChI=1S/C21H24FN3O2S.ClH/c1-3-24(4-2)13-14-25(19(26)15-27-16-9-6-5-7-10-16)21-23-20-17(22)11-8-12-18(20)28-21;/h5-12H,3-4,13-15H2,1-2H3;1H. The molecule has 2 aromatic carbocycles. The molecule has 0 aliphatic carbocycles. The minimum absolute atomic E-state index is 0. The van der Waals surface area contributed by atoms with E-state index in [0.717, 1.165) is 17.8 Å². The van der Waals surface area contributed by atoms with Crippen LogP contribution in [0.5, 0.6) is 5.75 Å². The fourth-order valence-corrected chi connectivity index (χ4v) is 3.89. The van der Waals surface area contributed by atoms with Gasteiger partial charge in [-0.05, 0) is 37.4 Å². The number of ether oxygens (including phenoxy) is 1. The number of carbonyl (C=O) groups is 1. The second-order valence-corrected chi connectivity index (χ2v) is 7.27. The number of thiazole rings is 1. The summed E-state index contributed by atoms with van der Waals surface area (Å²) in [7, 11) is 0. The van der Waals surface area contributed by atoms with Crippen LogP contribution in [0.3, 0.4) is 0 Å². The zero-order chi connectivity index (χ0) is 19.9. The van der Waals surface area contributed by atoms with E-state index in [-0.39, 0.29) is 30.7 Å². The molecule has 3 aromatic rings. The van der Waals surface area contributed by atoms with E-state index in [0.29, 0.717) is 29.5 Å². The van der Waals surface area contributed by atoms with Crippen LogP contribution in [0.15, 0.2) is 48.5 Å². The number of amides is 1. The van der Waals surface area contributed by atoms with E-state index in [2.05, 4.69) is 23.7 Å². The molecule has 0 spiro atoms. The zero-order valence-electron chi connectivity index (χ0n) is 16.5. The van der Waals surface area contributed by atoms with Crippen molar-refractivity contribution in [1.29, 1.82) is 0 Å². The number of halogens is 2. The molecule has 0 radical (unpaired) electrons. The van der Waals surface area contributed by atoms with E-state index >= 15 is 0 Å². The topological polar surface area (TPSA) is 45.7 Å². The van der Waals surface area contributed by atoms with Gasteiger partial charge in [0, 0.05) is 13.1 Å². The molecule has 8 heteroatoms. The zero-order valence-corrected chi connectivity index (χ0v) is 18.1. The predicted molar refractivity (Wildman–Crippen MR) is 119 cm³/mol. The first-order valence-electron chi connectivity index (χ1n) is 9.38. The van der Waals surface area contributed by atoms with Crippen molar-refractivity contribution >= 4 is 45.0 Å². The van der Waals surface area contributed by atoms with E-state index in [1.807, 2.05) is 24.3 Å². The molecule has 0 aliphatic rings. The fourth-order valence-electron chi connectivity index (χ4n) is 2.87. The molecular weight excluding hydrogens is 413 g/mol. The predicted octanol–water partition coefficient (Wildman–Crippen LogP) is 4.61. The average molecular weight is 438 g/mol. The first-order valence-corrected chi connectivity index (χ1v) is 10.2. The SMILES string of the molecule is CCN(CC)CCN(C(=O)COc1ccccc1)c1nc2c(F)cccc2s1.Cl. The molecule has 1 aromatic heterocycles. The summed E-state index contributed by atoms with van der Waals surface area (Å²) in [5.74, 6) is 0.0574. The number of rotatable bonds is 9. The number of likely N-dealkylation sites (N-methyl/N-ethyl adjacent to an activating group) is 1. The molecule has 0 atom stereocenters. The van der Waals surface area contributed by atoms with Crippen LogP contribution in [-0.4, -0.2) is 48.6 Å². The van der Waals surface area contributed by atoms with Crippen LogP contribution in [-0.2, 0) is 4.79 Å². The van der Waals surface area contributed by atoms with Gasteiger partial charge >= 0.3 is 0 Å². The maximum absolute atomic E-state index is 14.1. The van der Waals surface area contributed by atoms with Crippen molar-refractivity contribution < 1.29 is 13.9 Å². The lowest BCUT2D eigenvalue weighted by molar-refractivity contribution is -0.120. The van der Waals surface area contributed by atoms with Crippen LogP contribution in [0.25, 0.3) is 10.2 Å². The van der Waals surface area contributed by atoms with Crippen LogP contribution in [0.2, 0.25) is 0 Å². The number of fused-ring (bicyclic) bond motifs is 1. The lowest BCUT2D eigenvalue weighted by atomic mass is 10.3. The second kappa shape index (κ2) is 11.1. The van der Waals surface area contributed by atoms with E-state index in [4.69, 9.17) is 4.74 Å². The van der Waals surface area contributed by atoms with E-state index in [1.54, 1.807) is 23.1 Å². The number of benzene rings is 2. The Balaban J connectivity index is 0.00000300. The molecule has 0 saturated carbocycles. The van der Waals surface area contributed by atoms with Crippen molar-refractivity contribution in [2.24, 2.45) is 0 Å². The van der Waals surface area contributed by atoms with Gasteiger partial charge in [0.15, 0.2) is 11.7 Å². The fraction of sp³-hybridized carbons (Fsp3) is 0.333. The summed E-state index contributed by atoms with van der Waals surface area (Å²) in [6.07, 6.45) is 0. The highest BCUT2D eigenvalue weighted by Gasteiger charge is 2.21. The van der Waals surface area contributed by atoms with Gasteiger partial charge in [0.2, 0.25) is 0 Å². The van der Waals surface area contributed by atoms with Crippen molar-refractivity contribution in [3.05, 3.63) is 54.3 Å². The number of nitrogens with zero attached hydrogens (tertiary/aromatic N) is 3. The van der Waals surface area contributed by atoms with Crippen LogP contribution in [0, 0.1) is 5.82 Å². The Hall–Kier alpha value is -2.22. The molecular formula is C21H25ClFN3O2S. The van der Waals surface area contributed by atoms with Crippen molar-refractivity contribution in [2.45, 2.75) is 13.8 Å². The number of hydrogen-bond donors (Lipinski definition) is 0. The Morgan fingerprint density at radius 3 is 2.45 bits per heavy atom. The Kier molecular flexibility index (Phi) is 8.82. The summed E-state index contributed by atoms with van der Waals surface area (Å²) in [4.78, 5) is 21.1. The van der Waals surface area contributed by atoms with E-state index in [1.165, 1.54) is 17.4 Å². The third-order valence-corrected chi connectivity index (χ3v) is 5.57. The third kappa shape index (κ3) is 5.88. The number of para-hydroxylation sites is 2. The number of hydrogen-bond acceptors (Lipinski definition) is 5. The molecule has 3 rings (SSSR count). The Labute approximate surface area is 180 Å². The van der Waals surface area contributed by atoms with Gasteiger partial charge in [-0.1, -0.05) is 49.4 Å². The van der Waals surface area contributed by atoms with Gasteiger partial charge in [0.05, 0.1) is 4.70 Å². The normalized spacial score (nSPS) is 10.8. The number of anilines is 1. The van der Waals surface area contributed by atoms with Crippen LogP contribution in [0.4, 0.5) is 9.52 Å². The Morgan fingerprint density at radius 2 is 1.79 bits per heavy atom. The van der Waals surface area contributed by atoms with Gasteiger partial charge in [-0.2, -0.15) is 0 Å². The molecule has 29 heavy (non-hydrogen) atoms. The summed E-state index contributed by atoms with van der Waals surface area (Å²) in [5, 5.41) is 0.494. The Bertz CT molecular complexity index is 919. The molecule has 1 amide bonds. The molecule has 5 nitrogen and oxygen atoms in total. The van der Waals surface area contributed by atoms with Crippen LogP contribution in [0.1, 0.15) is 13.8 Å².